The summed E-state index contributed by atoms with van der Waals surface area (Å²) in [6.07, 6.45) is 2.59. The molecule has 0 radical (unpaired) electrons. The SMILES string of the molecule is C=CCCO[SiH](Oc1ccccc1)Oc1ccccc1. The fourth-order valence-corrected chi connectivity index (χ4v) is 2.83. The number of para-hydroxylation sites is 2. The number of hydrogen-bond acceptors (Lipinski definition) is 3. The highest BCUT2D eigenvalue weighted by Gasteiger charge is 2.19. The van der Waals surface area contributed by atoms with Crippen molar-refractivity contribution in [3.8, 4) is 11.5 Å². The lowest BCUT2D eigenvalue weighted by Crippen LogP contribution is -2.34. The Labute approximate surface area is 121 Å². The van der Waals surface area contributed by atoms with Crippen molar-refractivity contribution in [2.24, 2.45) is 0 Å². The Bertz CT molecular complexity index is 460. The summed E-state index contributed by atoms with van der Waals surface area (Å²) < 4.78 is 17.4. The van der Waals surface area contributed by atoms with Crippen LogP contribution in [0, 0.1) is 0 Å². The first-order valence-corrected chi connectivity index (χ1v) is 7.96. The molecule has 0 N–H and O–H groups in total. The normalized spacial score (nSPS) is 10.2. The molecule has 0 aliphatic heterocycles. The molecule has 4 heteroatoms. The monoisotopic (exact) mass is 286 g/mol. The molecule has 0 aromatic heterocycles. The highest BCUT2D eigenvalue weighted by molar-refractivity contribution is 6.38. The van der Waals surface area contributed by atoms with E-state index in [-0.39, 0.29) is 0 Å². The molecule has 0 heterocycles. The lowest BCUT2D eigenvalue weighted by atomic mass is 10.3. The summed E-state index contributed by atoms with van der Waals surface area (Å²) in [4.78, 5) is 0. The van der Waals surface area contributed by atoms with Crippen LogP contribution in [0.25, 0.3) is 0 Å². The summed E-state index contributed by atoms with van der Waals surface area (Å²) in [5.74, 6) is 1.53. The van der Waals surface area contributed by atoms with E-state index in [9.17, 15) is 0 Å². The molecule has 0 aliphatic carbocycles. The second-order valence-corrected chi connectivity index (χ2v) is 5.48. The summed E-state index contributed by atoms with van der Waals surface area (Å²) in [5, 5.41) is 0. The summed E-state index contributed by atoms with van der Waals surface area (Å²) in [6.45, 7) is 4.23. The lowest BCUT2D eigenvalue weighted by Gasteiger charge is -2.18. The van der Waals surface area contributed by atoms with E-state index in [4.69, 9.17) is 13.3 Å². The Hall–Kier alpha value is -2.04. The fourth-order valence-electron chi connectivity index (χ4n) is 1.56. The molecule has 0 bridgehead atoms. The zero-order valence-electron chi connectivity index (χ0n) is 11.3. The van der Waals surface area contributed by atoms with Gasteiger partial charge in [0.2, 0.25) is 0 Å². The fraction of sp³-hybridized carbons (Fsp3) is 0.125. The molecular weight excluding hydrogens is 268 g/mol. The van der Waals surface area contributed by atoms with Crippen LogP contribution in [-0.2, 0) is 4.43 Å². The molecule has 0 amide bonds. The number of hydrogen-bond donors (Lipinski definition) is 0. The van der Waals surface area contributed by atoms with E-state index >= 15 is 0 Å². The second kappa shape index (κ2) is 8.19. The quantitative estimate of drug-likeness (QED) is 0.422. The molecule has 2 aromatic rings. The van der Waals surface area contributed by atoms with Crippen molar-refractivity contribution >= 4 is 9.53 Å². The van der Waals surface area contributed by atoms with Crippen LogP contribution in [0.2, 0.25) is 0 Å². The van der Waals surface area contributed by atoms with E-state index < -0.39 is 9.53 Å². The third-order valence-corrected chi connectivity index (χ3v) is 3.96. The van der Waals surface area contributed by atoms with Crippen LogP contribution in [-0.4, -0.2) is 16.1 Å². The van der Waals surface area contributed by atoms with E-state index in [1.807, 2.05) is 66.7 Å². The zero-order valence-corrected chi connectivity index (χ0v) is 12.4. The minimum absolute atomic E-state index is 0.556. The van der Waals surface area contributed by atoms with E-state index in [2.05, 4.69) is 6.58 Å². The Balaban J connectivity index is 1.98. The number of rotatable bonds is 8. The van der Waals surface area contributed by atoms with Gasteiger partial charge in [0, 0.05) is 6.61 Å². The Morgan fingerprint density at radius 2 is 1.35 bits per heavy atom. The average Bonchev–Trinajstić information content (AvgIpc) is 2.49. The van der Waals surface area contributed by atoms with Crippen LogP contribution in [0.4, 0.5) is 0 Å². The van der Waals surface area contributed by atoms with Gasteiger partial charge in [-0.05, 0) is 30.7 Å². The molecule has 0 spiro atoms. The first-order chi connectivity index (χ1) is 9.88. The van der Waals surface area contributed by atoms with Crippen LogP contribution in [0.1, 0.15) is 6.42 Å². The predicted octanol–water partition coefficient (Wildman–Crippen LogP) is 3.45. The first-order valence-electron chi connectivity index (χ1n) is 6.54. The molecule has 3 nitrogen and oxygen atoms in total. The van der Waals surface area contributed by atoms with Crippen LogP contribution < -0.4 is 8.85 Å². The standard InChI is InChI=1S/C16H18O3Si/c1-2-3-14-17-20(18-15-10-6-4-7-11-15)19-16-12-8-5-9-13-16/h2,4-13,20H,1,3,14H2. The molecule has 0 saturated carbocycles. The minimum atomic E-state index is -2.27. The Morgan fingerprint density at radius 3 is 1.80 bits per heavy atom. The van der Waals surface area contributed by atoms with Crippen LogP contribution in [0.5, 0.6) is 11.5 Å². The third kappa shape index (κ3) is 4.91. The maximum atomic E-state index is 5.83. The molecule has 2 aromatic carbocycles. The van der Waals surface area contributed by atoms with Gasteiger partial charge in [-0.2, -0.15) is 0 Å². The highest BCUT2D eigenvalue weighted by atomic mass is 28.3. The molecule has 2 rings (SSSR count). The zero-order chi connectivity index (χ0) is 14.0. The van der Waals surface area contributed by atoms with Crippen LogP contribution in [0.3, 0.4) is 0 Å². The molecule has 20 heavy (non-hydrogen) atoms. The van der Waals surface area contributed by atoms with Crippen molar-refractivity contribution in [3.05, 3.63) is 73.3 Å². The molecule has 0 fully saturated rings. The summed E-state index contributed by atoms with van der Waals surface area (Å²) in [6, 6.07) is 19.2. The van der Waals surface area contributed by atoms with Gasteiger partial charge in [0.05, 0.1) is 0 Å². The third-order valence-electron chi connectivity index (χ3n) is 2.53. The van der Waals surface area contributed by atoms with Crippen molar-refractivity contribution < 1.29 is 13.3 Å². The van der Waals surface area contributed by atoms with Crippen LogP contribution >= 0.6 is 0 Å². The van der Waals surface area contributed by atoms with E-state index in [1.54, 1.807) is 0 Å². The molecule has 0 saturated heterocycles. The van der Waals surface area contributed by atoms with Gasteiger partial charge >= 0.3 is 9.53 Å². The van der Waals surface area contributed by atoms with Gasteiger partial charge in [0.15, 0.2) is 0 Å². The van der Waals surface area contributed by atoms with Crippen molar-refractivity contribution in [3.63, 3.8) is 0 Å². The van der Waals surface area contributed by atoms with Gasteiger partial charge in [-0.15, -0.1) is 6.58 Å². The molecule has 0 atom stereocenters. The maximum Gasteiger partial charge on any atom is 0.615 e. The highest BCUT2D eigenvalue weighted by Crippen LogP contribution is 2.14. The molecular formula is C16H18O3Si. The molecule has 104 valence electrons. The molecule has 0 unspecified atom stereocenters. The van der Waals surface area contributed by atoms with Gasteiger partial charge in [-0.1, -0.05) is 42.5 Å². The second-order valence-electron chi connectivity index (χ2n) is 4.10. The smallest absolute Gasteiger partial charge is 0.494 e. The van der Waals surface area contributed by atoms with Gasteiger partial charge < -0.3 is 13.3 Å². The largest absolute Gasteiger partial charge is 0.615 e. The predicted molar refractivity (Wildman–Crippen MR) is 82.1 cm³/mol. The topological polar surface area (TPSA) is 27.7 Å². The summed E-state index contributed by atoms with van der Waals surface area (Å²) in [5.41, 5.74) is 0. The first kappa shape index (κ1) is 14.4. The lowest BCUT2D eigenvalue weighted by molar-refractivity contribution is 0.204. The van der Waals surface area contributed by atoms with Gasteiger partial charge in [-0.25, -0.2) is 0 Å². The Morgan fingerprint density at radius 1 is 0.850 bits per heavy atom. The van der Waals surface area contributed by atoms with Crippen molar-refractivity contribution in [1.82, 2.24) is 0 Å². The van der Waals surface area contributed by atoms with Gasteiger partial charge in [0.1, 0.15) is 11.5 Å². The van der Waals surface area contributed by atoms with Crippen LogP contribution in [0.15, 0.2) is 73.3 Å². The minimum Gasteiger partial charge on any atom is -0.494 e. The summed E-state index contributed by atoms with van der Waals surface area (Å²) >= 11 is 0. The maximum absolute atomic E-state index is 5.83. The molecule has 0 aliphatic rings. The van der Waals surface area contributed by atoms with E-state index in [1.165, 1.54) is 0 Å². The van der Waals surface area contributed by atoms with Gasteiger partial charge in [0.25, 0.3) is 0 Å². The van der Waals surface area contributed by atoms with E-state index in [0.717, 1.165) is 17.9 Å². The van der Waals surface area contributed by atoms with Crippen molar-refractivity contribution in [2.45, 2.75) is 6.42 Å². The Kier molecular flexibility index (Phi) is 5.89. The summed E-state index contributed by atoms with van der Waals surface area (Å²) in [7, 11) is -2.27. The van der Waals surface area contributed by atoms with E-state index in [0.29, 0.717) is 6.61 Å². The average molecular weight is 286 g/mol. The van der Waals surface area contributed by atoms with Crippen molar-refractivity contribution in [2.75, 3.05) is 6.61 Å². The van der Waals surface area contributed by atoms with Gasteiger partial charge in [-0.3, -0.25) is 0 Å². The van der Waals surface area contributed by atoms with Crippen molar-refractivity contribution in [1.29, 1.82) is 0 Å². The number of benzene rings is 2.